The molecule has 0 saturated carbocycles. The van der Waals surface area contributed by atoms with Gasteiger partial charge in [0.25, 0.3) is 0 Å². The van der Waals surface area contributed by atoms with Crippen LogP contribution >= 0.6 is 0 Å². The predicted molar refractivity (Wildman–Crippen MR) is 68.2 cm³/mol. The molecule has 0 amide bonds. The summed E-state index contributed by atoms with van der Waals surface area (Å²) in [4.78, 5) is 0. The van der Waals surface area contributed by atoms with Gasteiger partial charge in [-0.1, -0.05) is 46.8 Å². The summed E-state index contributed by atoms with van der Waals surface area (Å²) in [6, 6.07) is 6.67. The Kier molecular flexibility index (Phi) is 2.73. The maximum Gasteiger partial charge on any atom is 0.123 e. The largest absolute Gasteiger partial charge is 0.492 e. The van der Waals surface area contributed by atoms with E-state index in [-0.39, 0.29) is 5.41 Å². The minimum absolute atomic E-state index is 0.181. The third kappa shape index (κ3) is 1.63. The van der Waals surface area contributed by atoms with Crippen LogP contribution in [-0.4, -0.2) is 6.61 Å². The molecule has 2 rings (SSSR count). The highest BCUT2D eigenvalue weighted by molar-refractivity contribution is 5.46. The highest BCUT2D eigenvalue weighted by Gasteiger charge is 2.39. The smallest absolute Gasteiger partial charge is 0.123 e. The van der Waals surface area contributed by atoms with E-state index in [1.807, 2.05) is 0 Å². The summed E-state index contributed by atoms with van der Waals surface area (Å²) in [7, 11) is 0. The van der Waals surface area contributed by atoms with Crippen LogP contribution in [0.25, 0.3) is 0 Å². The fourth-order valence-electron chi connectivity index (χ4n) is 2.26. The molecule has 0 bridgehead atoms. The van der Waals surface area contributed by atoms with Gasteiger partial charge in [-0.2, -0.15) is 0 Å². The second-order valence-electron chi connectivity index (χ2n) is 5.77. The van der Waals surface area contributed by atoms with E-state index in [1.165, 1.54) is 11.1 Å². The van der Waals surface area contributed by atoms with E-state index in [0.717, 1.165) is 12.4 Å². The Morgan fingerprint density at radius 1 is 1.19 bits per heavy atom. The van der Waals surface area contributed by atoms with Crippen molar-refractivity contribution < 1.29 is 4.74 Å². The quantitative estimate of drug-likeness (QED) is 0.725. The molecule has 16 heavy (non-hydrogen) atoms. The molecule has 1 heteroatoms. The van der Waals surface area contributed by atoms with Crippen LogP contribution < -0.4 is 4.74 Å². The number of hydrogen-bond acceptors (Lipinski definition) is 1. The summed E-state index contributed by atoms with van der Waals surface area (Å²) in [5.74, 6) is 2.28. The zero-order valence-corrected chi connectivity index (χ0v) is 11.0. The third-order valence-corrected chi connectivity index (χ3v) is 4.09. The van der Waals surface area contributed by atoms with Crippen molar-refractivity contribution in [3.63, 3.8) is 0 Å². The van der Waals surface area contributed by atoms with Crippen molar-refractivity contribution in [2.75, 3.05) is 6.61 Å². The van der Waals surface area contributed by atoms with Crippen LogP contribution in [0.4, 0.5) is 0 Å². The Bertz CT molecular complexity index is 392. The Hall–Kier alpha value is -0.980. The standard InChI is InChI=1S/C15H22O/c1-10(2)12-6-7-14-13(8-12)15(5,9-16-14)11(3)4/h6-8,10-11H,9H2,1-5H3. The van der Waals surface area contributed by atoms with Crippen molar-refractivity contribution in [2.24, 2.45) is 5.92 Å². The van der Waals surface area contributed by atoms with Crippen LogP contribution in [0.15, 0.2) is 18.2 Å². The summed E-state index contributed by atoms with van der Waals surface area (Å²) in [6.45, 7) is 12.2. The Balaban J connectivity index is 2.48. The normalized spacial score (nSPS) is 23.7. The van der Waals surface area contributed by atoms with Crippen molar-refractivity contribution in [2.45, 2.75) is 46.0 Å². The molecule has 0 N–H and O–H groups in total. The lowest BCUT2D eigenvalue weighted by atomic mass is 9.74. The number of ether oxygens (including phenoxy) is 1. The van der Waals surface area contributed by atoms with Gasteiger partial charge >= 0.3 is 0 Å². The van der Waals surface area contributed by atoms with Crippen molar-refractivity contribution in [1.82, 2.24) is 0 Å². The number of rotatable bonds is 2. The molecule has 88 valence electrons. The molecule has 0 spiro atoms. The van der Waals surface area contributed by atoms with Crippen molar-refractivity contribution in [3.05, 3.63) is 29.3 Å². The van der Waals surface area contributed by atoms with Crippen LogP contribution in [0.3, 0.4) is 0 Å². The maximum absolute atomic E-state index is 5.81. The first-order valence-electron chi connectivity index (χ1n) is 6.22. The molecule has 1 aliphatic heterocycles. The van der Waals surface area contributed by atoms with E-state index < -0.39 is 0 Å². The fourth-order valence-corrected chi connectivity index (χ4v) is 2.26. The van der Waals surface area contributed by atoms with Gasteiger partial charge < -0.3 is 4.74 Å². The van der Waals surface area contributed by atoms with Crippen LogP contribution in [0.1, 0.15) is 51.7 Å². The lowest BCUT2D eigenvalue weighted by Crippen LogP contribution is -2.30. The third-order valence-electron chi connectivity index (χ3n) is 4.09. The van der Waals surface area contributed by atoms with E-state index >= 15 is 0 Å². The minimum atomic E-state index is 0.181. The molecule has 1 heterocycles. The van der Waals surface area contributed by atoms with Crippen molar-refractivity contribution in [1.29, 1.82) is 0 Å². The number of hydrogen-bond donors (Lipinski definition) is 0. The van der Waals surface area contributed by atoms with Gasteiger partial charge in [0.15, 0.2) is 0 Å². The Labute approximate surface area is 98.8 Å². The molecule has 0 saturated heterocycles. The summed E-state index contributed by atoms with van der Waals surface area (Å²) in [6.07, 6.45) is 0. The lowest BCUT2D eigenvalue weighted by Gasteiger charge is -2.27. The summed E-state index contributed by atoms with van der Waals surface area (Å²) in [5.41, 5.74) is 2.99. The van der Waals surface area contributed by atoms with Gasteiger partial charge in [-0.05, 0) is 23.5 Å². The summed E-state index contributed by atoms with van der Waals surface area (Å²) >= 11 is 0. The van der Waals surface area contributed by atoms with Crippen LogP contribution in [0.2, 0.25) is 0 Å². The van der Waals surface area contributed by atoms with Gasteiger partial charge in [-0.25, -0.2) is 0 Å². The molecule has 1 aromatic rings. The van der Waals surface area contributed by atoms with E-state index in [1.54, 1.807) is 0 Å². The second kappa shape index (κ2) is 3.80. The van der Waals surface area contributed by atoms with E-state index in [9.17, 15) is 0 Å². The molecule has 1 aromatic carbocycles. The molecule has 1 unspecified atom stereocenters. The molecule has 0 fully saturated rings. The molecular formula is C15H22O. The average Bonchev–Trinajstić information content (AvgIpc) is 2.57. The number of benzene rings is 1. The second-order valence-corrected chi connectivity index (χ2v) is 5.77. The van der Waals surface area contributed by atoms with Crippen LogP contribution in [-0.2, 0) is 5.41 Å². The van der Waals surface area contributed by atoms with Crippen molar-refractivity contribution >= 4 is 0 Å². The van der Waals surface area contributed by atoms with Gasteiger partial charge in [0.1, 0.15) is 5.75 Å². The highest BCUT2D eigenvalue weighted by Crippen LogP contribution is 2.44. The first-order valence-corrected chi connectivity index (χ1v) is 6.22. The summed E-state index contributed by atoms with van der Waals surface area (Å²) in [5, 5.41) is 0. The van der Waals surface area contributed by atoms with Gasteiger partial charge in [-0.3, -0.25) is 0 Å². The van der Waals surface area contributed by atoms with Gasteiger partial charge in [-0.15, -0.1) is 0 Å². The predicted octanol–water partition coefficient (Wildman–Crippen LogP) is 4.12. The fraction of sp³-hybridized carbons (Fsp3) is 0.600. The Morgan fingerprint density at radius 3 is 2.44 bits per heavy atom. The van der Waals surface area contributed by atoms with Gasteiger partial charge in [0, 0.05) is 11.0 Å². The first kappa shape index (κ1) is 11.5. The van der Waals surface area contributed by atoms with E-state index in [4.69, 9.17) is 4.74 Å². The molecule has 1 aliphatic rings. The average molecular weight is 218 g/mol. The zero-order valence-electron chi connectivity index (χ0n) is 11.0. The molecule has 0 radical (unpaired) electrons. The van der Waals surface area contributed by atoms with Crippen LogP contribution in [0, 0.1) is 5.92 Å². The SMILES string of the molecule is CC(C)c1ccc2c(c1)C(C)(C(C)C)CO2. The van der Waals surface area contributed by atoms with Gasteiger partial charge in [0.2, 0.25) is 0 Å². The molecule has 0 aliphatic carbocycles. The molecule has 0 aromatic heterocycles. The number of fused-ring (bicyclic) bond motifs is 1. The topological polar surface area (TPSA) is 9.23 Å². The first-order chi connectivity index (χ1) is 7.45. The molecular weight excluding hydrogens is 196 g/mol. The maximum atomic E-state index is 5.81. The highest BCUT2D eigenvalue weighted by atomic mass is 16.5. The zero-order chi connectivity index (χ0) is 11.9. The molecule has 1 atom stereocenters. The van der Waals surface area contributed by atoms with E-state index in [0.29, 0.717) is 11.8 Å². The van der Waals surface area contributed by atoms with Crippen LogP contribution in [0.5, 0.6) is 5.75 Å². The van der Waals surface area contributed by atoms with Gasteiger partial charge in [0.05, 0.1) is 6.61 Å². The monoisotopic (exact) mass is 218 g/mol. The van der Waals surface area contributed by atoms with Crippen molar-refractivity contribution in [3.8, 4) is 5.75 Å². The summed E-state index contributed by atoms with van der Waals surface area (Å²) < 4.78 is 5.81. The lowest BCUT2D eigenvalue weighted by molar-refractivity contribution is 0.231. The van der Waals surface area contributed by atoms with E-state index in [2.05, 4.69) is 52.8 Å². The molecule has 1 nitrogen and oxygen atoms in total. The minimum Gasteiger partial charge on any atom is -0.492 e. The Morgan fingerprint density at radius 2 is 1.88 bits per heavy atom.